The molecule has 0 radical (unpaired) electrons. The number of hydrogen-bond donors (Lipinski definition) is 0. The smallest absolute Gasteiger partial charge is 0.258 e. The monoisotopic (exact) mass is 290 g/mol. The highest BCUT2D eigenvalue weighted by molar-refractivity contribution is 5.81. The highest BCUT2D eigenvalue weighted by Crippen LogP contribution is 2.23. The summed E-state index contributed by atoms with van der Waals surface area (Å²) >= 11 is 0. The third-order valence-electron chi connectivity index (χ3n) is 3.46. The molecule has 0 aromatic heterocycles. The molecule has 108 valence electrons. The summed E-state index contributed by atoms with van der Waals surface area (Å²) < 4.78 is 0. The van der Waals surface area contributed by atoms with Crippen molar-refractivity contribution in [2.24, 2.45) is 4.99 Å². The molecule has 0 spiro atoms. The normalized spacial score (nSPS) is 16.6. The SMILES string of the molecule is O=[N+]([O-])c1cccc(C=NC2=CCC(=C3C=CC=C3)C=C2)c1. The van der Waals surface area contributed by atoms with Crippen molar-refractivity contribution < 1.29 is 4.92 Å². The van der Waals surface area contributed by atoms with E-state index in [2.05, 4.69) is 29.3 Å². The van der Waals surface area contributed by atoms with Crippen LogP contribution in [0.3, 0.4) is 0 Å². The van der Waals surface area contributed by atoms with Gasteiger partial charge in [0.25, 0.3) is 5.69 Å². The molecule has 2 aliphatic rings. The summed E-state index contributed by atoms with van der Waals surface area (Å²) in [4.78, 5) is 14.7. The van der Waals surface area contributed by atoms with Gasteiger partial charge in [0, 0.05) is 18.3 Å². The molecule has 0 aliphatic heterocycles. The van der Waals surface area contributed by atoms with E-state index in [1.807, 2.05) is 18.2 Å². The molecular formula is C18H14N2O2. The van der Waals surface area contributed by atoms with Crippen molar-refractivity contribution in [3.63, 3.8) is 0 Å². The van der Waals surface area contributed by atoms with E-state index in [1.165, 1.54) is 23.3 Å². The van der Waals surface area contributed by atoms with Crippen LogP contribution in [0.1, 0.15) is 12.0 Å². The second kappa shape index (κ2) is 6.18. The minimum absolute atomic E-state index is 0.0731. The standard InChI is InChI=1S/C18H14N2O2/c21-20(22)18-7-3-4-14(12-18)13-19-17-10-8-16(9-11-17)15-5-1-2-6-15/h1-8,10-13H,9H2. The molecule has 0 fully saturated rings. The number of nitro groups is 1. The van der Waals surface area contributed by atoms with E-state index in [-0.39, 0.29) is 5.69 Å². The second-order valence-corrected chi connectivity index (χ2v) is 4.98. The lowest BCUT2D eigenvalue weighted by atomic mass is 10.0. The number of allylic oxidation sites excluding steroid dienone is 9. The quantitative estimate of drug-likeness (QED) is 0.474. The summed E-state index contributed by atoms with van der Waals surface area (Å²) in [5.74, 6) is 0. The van der Waals surface area contributed by atoms with E-state index in [0.717, 1.165) is 12.1 Å². The summed E-state index contributed by atoms with van der Waals surface area (Å²) in [6, 6.07) is 6.44. The molecule has 0 unspecified atom stereocenters. The Kier molecular flexibility index (Phi) is 3.92. The van der Waals surface area contributed by atoms with Gasteiger partial charge in [0.1, 0.15) is 0 Å². The molecule has 0 atom stereocenters. The molecule has 1 aromatic carbocycles. The van der Waals surface area contributed by atoms with Crippen molar-refractivity contribution >= 4 is 11.9 Å². The number of non-ortho nitro benzene ring substituents is 1. The lowest BCUT2D eigenvalue weighted by Gasteiger charge is -2.07. The Morgan fingerprint density at radius 1 is 1.14 bits per heavy atom. The van der Waals surface area contributed by atoms with Crippen LogP contribution in [0.15, 0.2) is 88.6 Å². The first-order chi connectivity index (χ1) is 10.7. The summed E-state index contributed by atoms with van der Waals surface area (Å²) in [5, 5.41) is 10.7. The molecule has 3 rings (SSSR count). The summed E-state index contributed by atoms with van der Waals surface area (Å²) in [7, 11) is 0. The van der Waals surface area contributed by atoms with Gasteiger partial charge in [0.05, 0.1) is 10.6 Å². The van der Waals surface area contributed by atoms with Crippen LogP contribution in [0.2, 0.25) is 0 Å². The van der Waals surface area contributed by atoms with Crippen LogP contribution in [0, 0.1) is 10.1 Å². The van der Waals surface area contributed by atoms with Gasteiger partial charge in [-0.1, -0.05) is 48.6 Å². The molecule has 0 N–H and O–H groups in total. The largest absolute Gasteiger partial charge is 0.270 e. The van der Waals surface area contributed by atoms with E-state index in [0.29, 0.717) is 5.56 Å². The fourth-order valence-electron chi connectivity index (χ4n) is 2.30. The molecule has 1 aromatic rings. The number of benzene rings is 1. The van der Waals surface area contributed by atoms with Gasteiger partial charge >= 0.3 is 0 Å². The molecular weight excluding hydrogens is 276 g/mol. The lowest BCUT2D eigenvalue weighted by Crippen LogP contribution is -1.91. The Hall–Kier alpha value is -3.01. The highest BCUT2D eigenvalue weighted by atomic mass is 16.6. The van der Waals surface area contributed by atoms with Crippen molar-refractivity contribution in [3.05, 3.63) is 99.3 Å². The molecule has 22 heavy (non-hydrogen) atoms. The fraction of sp³-hybridized carbons (Fsp3) is 0.0556. The maximum Gasteiger partial charge on any atom is 0.270 e. The van der Waals surface area contributed by atoms with Crippen LogP contribution < -0.4 is 0 Å². The maximum atomic E-state index is 10.7. The van der Waals surface area contributed by atoms with Crippen LogP contribution in [0.25, 0.3) is 0 Å². The predicted octanol–water partition coefficient (Wildman–Crippen LogP) is 4.28. The van der Waals surface area contributed by atoms with Gasteiger partial charge in [-0.2, -0.15) is 0 Å². The number of rotatable bonds is 3. The van der Waals surface area contributed by atoms with E-state index in [4.69, 9.17) is 0 Å². The Morgan fingerprint density at radius 3 is 2.64 bits per heavy atom. The van der Waals surface area contributed by atoms with Gasteiger partial charge in [-0.05, 0) is 29.2 Å². The average Bonchev–Trinajstić information content (AvgIpc) is 3.08. The van der Waals surface area contributed by atoms with Gasteiger partial charge in [0.15, 0.2) is 0 Å². The second-order valence-electron chi connectivity index (χ2n) is 4.98. The summed E-state index contributed by atoms with van der Waals surface area (Å²) in [5.41, 5.74) is 4.15. The molecule has 4 heteroatoms. The number of aliphatic imine (C=N–C) groups is 1. The van der Waals surface area contributed by atoms with E-state index >= 15 is 0 Å². The van der Waals surface area contributed by atoms with Crippen LogP contribution in [0.4, 0.5) is 5.69 Å². The van der Waals surface area contributed by atoms with E-state index in [1.54, 1.807) is 18.3 Å². The van der Waals surface area contributed by atoms with Gasteiger partial charge in [0.2, 0.25) is 0 Å². The molecule has 0 saturated carbocycles. The highest BCUT2D eigenvalue weighted by Gasteiger charge is 2.06. The van der Waals surface area contributed by atoms with Gasteiger partial charge in [-0.25, -0.2) is 0 Å². The molecule has 2 aliphatic carbocycles. The van der Waals surface area contributed by atoms with Gasteiger partial charge in [-0.3, -0.25) is 15.1 Å². The number of hydrogen-bond acceptors (Lipinski definition) is 3. The van der Waals surface area contributed by atoms with E-state index in [9.17, 15) is 10.1 Å². The lowest BCUT2D eigenvalue weighted by molar-refractivity contribution is -0.384. The topological polar surface area (TPSA) is 55.5 Å². The zero-order valence-electron chi connectivity index (χ0n) is 11.8. The van der Waals surface area contributed by atoms with Crippen LogP contribution in [-0.4, -0.2) is 11.1 Å². The number of nitro benzene ring substituents is 1. The first-order valence-electron chi connectivity index (χ1n) is 6.97. The minimum atomic E-state index is -0.405. The summed E-state index contributed by atoms with van der Waals surface area (Å²) in [6.45, 7) is 0. The van der Waals surface area contributed by atoms with E-state index < -0.39 is 4.92 Å². The van der Waals surface area contributed by atoms with Crippen LogP contribution >= 0.6 is 0 Å². The van der Waals surface area contributed by atoms with Gasteiger partial charge in [-0.15, -0.1) is 0 Å². The third kappa shape index (κ3) is 3.17. The van der Waals surface area contributed by atoms with Crippen LogP contribution in [-0.2, 0) is 0 Å². The Morgan fingerprint density at radius 2 is 1.95 bits per heavy atom. The molecule has 0 bridgehead atoms. The van der Waals surface area contributed by atoms with Crippen molar-refractivity contribution in [1.82, 2.24) is 0 Å². The molecule has 0 heterocycles. The fourth-order valence-corrected chi connectivity index (χ4v) is 2.30. The first kappa shape index (κ1) is 13.9. The predicted molar refractivity (Wildman–Crippen MR) is 87.8 cm³/mol. The Balaban J connectivity index is 1.72. The van der Waals surface area contributed by atoms with Crippen molar-refractivity contribution in [2.45, 2.75) is 6.42 Å². The molecule has 0 amide bonds. The first-order valence-corrected chi connectivity index (χ1v) is 6.97. The zero-order chi connectivity index (χ0) is 15.4. The average molecular weight is 290 g/mol. The Bertz CT molecular complexity index is 779. The maximum absolute atomic E-state index is 10.7. The van der Waals surface area contributed by atoms with Crippen LogP contribution in [0.5, 0.6) is 0 Å². The third-order valence-corrected chi connectivity index (χ3v) is 3.46. The van der Waals surface area contributed by atoms with Crippen molar-refractivity contribution in [2.75, 3.05) is 0 Å². The van der Waals surface area contributed by atoms with Crippen molar-refractivity contribution in [3.8, 4) is 0 Å². The Labute approximate surface area is 128 Å². The van der Waals surface area contributed by atoms with Crippen molar-refractivity contribution in [1.29, 1.82) is 0 Å². The minimum Gasteiger partial charge on any atom is -0.258 e. The number of nitrogens with zero attached hydrogens (tertiary/aromatic N) is 2. The summed E-state index contributed by atoms with van der Waals surface area (Å²) in [6.07, 6.45) is 16.8. The molecule has 0 saturated heterocycles. The van der Waals surface area contributed by atoms with Gasteiger partial charge < -0.3 is 0 Å². The zero-order valence-corrected chi connectivity index (χ0v) is 11.8. The molecule has 4 nitrogen and oxygen atoms in total.